The molecule has 47 heavy (non-hydrogen) atoms. The van der Waals surface area contributed by atoms with E-state index in [9.17, 15) is 34.6 Å². The number of ether oxygens (including phenoxy) is 3. The lowest BCUT2D eigenvalue weighted by molar-refractivity contribution is -0.789. The smallest absolute Gasteiger partial charge is 0.347 e. The Morgan fingerprint density at radius 1 is 0.851 bits per heavy atom. The molecule has 0 aliphatic heterocycles. The van der Waals surface area contributed by atoms with E-state index in [-0.39, 0.29) is 27.8 Å². The fourth-order valence-corrected chi connectivity index (χ4v) is 4.30. The van der Waals surface area contributed by atoms with Gasteiger partial charge in [-0.1, -0.05) is 50.3 Å². The Hall–Kier alpha value is -5.64. The van der Waals surface area contributed by atoms with E-state index in [4.69, 9.17) is 32.2 Å². The molecule has 0 bridgehead atoms. The fraction of sp³-hybridized carbons (Fsp3) is 0.290. The van der Waals surface area contributed by atoms with E-state index in [1.54, 1.807) is 6.92 Å². The molecule has 16 heteroatoms. The van der Waals surface area contributed by atoms with Gasteiger partial charge in [0.2, 0.25) is 0 Å². The standard InChI is InChI=1S/C31H31N3O12S/c1-18(2)14-20-4-6-21(7-5-20)19(3)30(36)44-24-12-13-27(45-28(35)16-25(46-34(40)41)17-42-33(38)39)26(15-24)31(37)43-23-10-8-22(9-11-23)29(32)47/h4-13,15,18-19,25H,14,16-17H2,1-3H3,(H2,32,47). The first-order chi connectivity index (χ1) is 22.2. The summed E-state index contributed by atoms with van der Waals surface area (Å²) in [6, 6.07) is 17.0. The molecule has 0 saturated carbocycles. The van der Waals surface area contributed by atoms with Crippen LogP contribution >= 0.6 is 12.2 Å². The van der Waals surface area contributed by atoms with Crippen molar-refractivity contribution in [2.45, 2.75) is 45.6 Å². The predicted molar refractivity (Wildman–Crippen MR) is 168 cm³/mol. The van der Waals surface area contributed by atoms with Gasteiger partial charge in [-0.25, -0.2) is 4.79 Å². The van der Waals surface area contributed by atoms with E-state index < -0.39 is 53.1 Å². The number of hydrogen-bond donors (Lipinski definition) is 1. The van der Waals surface area contributed by atoms with Gasteiger partial charge in [-0.2, -0.15) is 0 Å². The minimum absolute atomic E-state index is 0.0700. The Kier molecular flexibility index (Phi) is 12.7. The van der Waals surface area contributed by atoms with Crippen LogP contribution in [-0.4, -0.2) is 45.8 Å². The highest BCUT2D eigenvalue weighted by atomic mass is 32.1. The van der Waals surface area contributed by atoms with Gasteiger partial charge in [0.25, 0.3) is 10.2 Å². The molecule has 2 N–H and O–H groups in total. The molecule has 2 atom stereocenters. The number of esters is 3. The predicted octanol–water partition coefficient (Wildman–Crippen LogP) is 4.53. The van der Waals surface area contributed by atoms with Gasteiger partial charge in [-0.05, 0) is 72.9 Å². The van der Waals surface area contributed by atoms with E-state index in [2.05, 4.69) is 23.5 Å². The van der Waals surface area contributed by atoms with Crippen LogP contribution in [0.3, 0.4) is 0 Å². The second-order valence-electron chi connectivity index (χ2n) is 10.6. The van der Waals surface area contributed by atoms with Crippen molar-refractivity contribution in [2.75, 3.05) is 6.61 Å². The van der Waals surface area contributed by atoms with Crippen molar-refractivity contribution in [3.05, 3.63) is 109 Å². The van der Waals surface area contributed by atoms with Gasteiger partial charge < -0.3 is 29.6 Å². The summed E-state index contributed by atoms with van der Waals surface area (Å²) in [5, 5.41) is 18.8. The summed E-state index contributed by atoms with van der Waals surface area (Å²) in [5.74, 6) is -3.43. The molecule has 0 saturated heterocycles. The molecule has 0 spiro atoms. The SMILES string of the molecule is CC(C)Cc1ccc(C(C)C(=O)Oc2ccc(OC(=O)CC(CO[N+](=O)[O-])O[N+](=O)[O-])c(C(=O)Oc3ccc(C(N)=S)cc3)c2)cc1. The van der Waals surface area contributed by atoms with Crippen LogP contribution in [-0.2, 0) is 25.7 Å². The van der Waals surface area contributed by atoms with Gasteiger partial charge >= 0.3 is 17.9 Å². The molecule has 0 aromatic heterocycles. The molecule has 3 aromatic rings. The van der Waals surface area contributed by atoms with Crippen LogP contribution in [0.4, 0.5) is 0 Å². The molecule has 15 nitrogen and oxygen atoms in total. The molecule has 2 unspecified atom stereocenters. The second-order valence-corrected chi connectivity index (χ2v) is 11.0. The third-order valence-corrected chi connectivity index (χ3v) is 6.67. The maximum absolute atomic E-state index is 13.3. The van der Waals surface area contributed by atoms with Crippen molar-refractivity contribution in [3.63, 3.8) is 0 Å². The van der Waals surface area contributed by atoms with Gasteiger partial charge in [0.15, 0.2) is 0 Å². The summed E-state index contributed by atoms with van der Waals surface area (Å²) in [5.41, 5.74) is 7.59. The van der Waals surface area contributed by atoms with E-state index in [1.165, 1.54) is 30.3 Å². The quantitative estimate of drug-likeness (QED) is 0.0730. The molecule has 3 aromatic carbocycles. The van der Waals surface area contributed by atoms with Gasteiger partial charge in [0.1, 0.15) is 40.5 Å². The number of benzene rings is 3. The Morgan fingerprint density at radius 3 is 2.06 bits per heavy atom. The van der Waals surface area contributed by atoms with E-state index in [0.29, 0.717) is 17.0 Å². The number of thiocarbonyl (C=S) groups is 1. The fourth-order valence-electron chi connectivity index (χ4n) is 4.17. The summed E-state index contributed by atoms with van der Waals surface area (Å²) in [6.45, 7) is 4.92. The summed E-state index contributed by atoms with van der Waals surface area (Å²) in [6.07, 6.45) is -1.68. The zero-order chi connectivity index (χ0) is 34.7. The number of nitrogens with zero attached hydrogens (tertiary/aromatic N) is 2. The third-order valence-electron chi connectivity index (χ3n) is 6.44. The molecule has 0 aliphatic carbocycles. The number of carbonyl (C=O) groups is 3. The molecule has 0 aliphatic rings. The van der Waals surface area contributed by atoms with Crippen molar-refractivity contribution >= 4 is 35.1 Å². The largest absolute Gasteiger partial charge is 0.426 e. The van der Waals surface area contributed by atoms with Gasteiger partial charge in [0.05, 0.1) is 12.3 Å². The molecule has 0 radical (unpaired) electrons. The molecular formula is C31H31N3O12S. The van der Waals surface area contributed by atoms with Gasteiger partial charge in [-0.15, -0.1) is 20.2 Å². The number of carbonyl (C=O) groups excluding carboxylic acids is 3. The maximum Gasteiger partial charge on any atom is 0.347 e. The molecule has 3 rings (SSSR count). The first kappa shape index (κ1) is 35.8. The van der Waals surface area contributed by atoms with Crippen molar-refractivity contribution in [1.82, 2.24) is 0 Å². The van der Waals surface area contributed by atoms with E-state index in [0.717, 1.165) is 24.1 Å². The van der Waals surface area contributed by atoms with Crippen LogP contribution in [0.1, 0.15) is 60.2 Å². The minimum atomic E-state index is -1.70. The van der Waals surface area contributed by atoms with Gasteiger partial charge in [-0.3, -0.25) is 9.59 Å². The average molecular weight is 670 g/mol. The zero-order valence-corrected chi connectivity index (χ0v) is 26.3. The van der Waals surface area contributed by atoms with Crippen LogP contribution in [0.15, 0.2) is 66.7 Å². The highest BCUT2D eigenvalue weighted by Gasteiger charge is 2.25. The van der Waals surface area contributed by atoms with Crippen LogP contribution in [0.5, 0.6) is 17.2 Å². The zero-order valence-electron chi connectivity index (χ0n) is 25.5. The lowest BCUT2D eigenvalue weighted by Crippen LogP contribution is -2.29. The number of hydrogen-bond acceptors (Lipinski definition) is 13. The summed E-state index contributed by atoms with van der Waals surface area (Å²) >= 11 is 4.92. The maximum atomic E-state index is 13.3. The van der Waals surface area contributed by atoms with Crippen molar-refractivity contribution < 1.29 is 48.4 Å². The molecule has 248 valence electrons. The van der Waals surface area contributed by atoms with Crippen molar-refractivity contribution in [2.24, 2.45) is 11.7 Å². The topological polar surface area (TPSA) is 210 Å². The molecule has 0 heterocycles. The summed E-state index contributed by atoms with van der Waals surface area (Å²) < 4.78 is 16.2. The average Bonchev–Trinajstić information content (AvgIpc) is 3.00. The highest BCUT2D eigenvalue weighted by Crippen LogP contribution is 2.29. The van der Waals surface area contributed by atoms with Crippen molar-refractivity contribution in [1.29, 1.82) is 0 Å². The third kappa shape index (κ3) is 11.3. The van der Waals surface area contributed by atoms with E-state index >= 15 is 0 Å². The Morgan fingerprint density at radius 2 is 1.49 bits per heavy atom. The normalized spacial score (nSPS) is 11.9. The molecule has 0 fully saturated rings. The Labute approximate surface area is 273 Å². The first-order valence-electron chi connectivity index (χ1n) is 14.1. The van der Waals surface area contributed by atoms with Crippen molar-refractivity contribution in [3.8, 4) is 17.2 Å². The number of nitrogens with two attached hydrogens (primary N) is 1. The van der Waals surface area contributed by atoms with Gasteiger partial charge in [0, 0.05) is 5.56 Å². The lowest BCUT2D eigenvalue weighted by Gasteiger charge is -2.16. The summed E-state index contributed by atoms with van der Waals surface area (Å²) in [7, 11) is 0. The van der Waals surface area contributed by atoms with Crippen LogP contribution in [0, 0.1) is 26.1 Å². The minimum Gasteiger partial charge on any atom is -0.426 e. The first-order valence-corrected chi connectivity index (χ1v) is 14.5. The lowest BCUT2D eigenvalue weighted by atomic mass is 9.97. The second kappa shape index (κ2) is 16.6. The molecule has 0 amide bonds. The summed E-state index contributed by atoms with van der Waals surface area (Å²) in [4.78, 5) is 68.7. The Bertz CT molecular complexity index is 1630. The van der Waals surface area contributed by atoms with E-state index in [1.807, 2.05) is 24.3 Å². The van der Waals surface area contributed by atoms with Crippen LogP contribution in [0.25, 0.3) is 0 Å². The van der Waals surface area contributed by atoms with Crippen LogP contribution in [0.2, 0.25) is 0 Å². The molecular weight excluding hydrogens is 638 g/mol. The number of rotatable bonds is 16. The van der Waals surface area contributed by atoms with Crippen LogP contribution < -0.4 is 19.9 Å². The monoisotopic (exact) mass is 669 g/mol. The Balaban J connectivity index is 1.85. The highest BCUT2D eigenvalue weighted by molar-refractivity contribution is 7.80.